The number of rotatable bonds is 9. The Hall–Kier alpha value is -2.21. The van der Waals surface area contributed by atoms with Gasteiger partial charge in [-0.05, 0) is 87.6 Å². The molecule has 3 rings (SSSR count). The number of hydrogen-bond donors (Lipinski definition) is 3. The molecule has 1 aromatic carbocycles. The summed E-state index contributed by atoms with van der Waals surface area (Å²) in [5.41, 5.74) is 5.10. The van der Waals surface area contributed by atoms with E-state index in [1.165, 1.54) is 19.3 Å². The van der Waals surface area contributed by atoms with Crippen LogP contribution in [0, 0.1) is 23.7 Å². The fraction of sp³-hybridized carbons (Fsp3) is 0.522. The first-order chi connectivity index (χ1) is 14.0. The quantitative estimate of drug-likeness (QED) is 0.170. The second-order valence-corrected chi connectivity index (χ2v) is 8.61. The standard InChI is InChI=1S/C23H31N3O2S/c1-16(25-26-23(29)24-19-9-5-4-6-10-19)22-18-14-13-17(15-18)20(22)11-7-2-3-8-12-21(27)28/h2,4-7,9-10,17-18,20,22H,3,8,11-15H2,1H3,(H,27,28)(H2,24,26,29)/b7-2-,25-16+/t17?,18?,20-,22-/m0/s1. The van der Waals surface area contributed by atoms with Crippen molar-refractivity contribution in [3.05, 3.63) is 42.5 Å². The van der Waals surface area contributed by atoms with Crippen LogP contribution in [0.15, 0.2) is 47.6 Å². The second kappa shape index (κ2) is 10.5. The maximum absolute atomic E-state index is 10.6. The highest BCUT2D eigenvalue weighted by Crippen LogP contribution is 2.54. The van der Waals surface area contributed by atoms with Gasteiger partial charge in [-0.3, -0.25) is 10.2 Å². The molecule has 2 aliphatic carbocycles. The highest BCUT2D eigenvalue weighted by Gasteiger charge is 2.47. The van der Waals surface area contributed by atoms with Crippen LogP contribution in [0.5, 0.6) is 0 Å². The van der Waals surface area contributed by atoms with Crippen LogP contribution < -0.4 is 10.7 Å². The lowest BCUT2D eigenvalue weighted by Gasteiger charge is -2.30. The van der Waals surface area contributed by atoms with Crippen LogP contribution in [0.1, 0.15) is 51.9 Å². The fourth-order valence-electron chi connectivity index (χ4n) is 5.04. The first kappa shape index (κ1) is 21.5. The number of thiocarbonyl (C=S) groups is 1. The van der Waals surface area contributed by atoms with Crippen LogP contribution in [0.2, 0.25) is 0 Å². The molecule has 2 saturated carbocycles. The zero-order chi connectivity index (χ0) is 20.6. The van der Waals surface area contributed by atoms with Crippen molar-refractivity contribution >= 4 is 34.7 Å². The number of para-hydroxylation sites is 1. The number of fused-ring (bicyclic) bond motifs is 2. The average molecular weight is 414 g/mol. The number of carboxylic acids is 1. The Bertz CT molecular complexity index is 763. The molecule has 3 N–H and O–H groups in total. The normalized spacial score (nSPS) is 26.0. The summed E-state index contributed by atoms with van der Waals surface area (Å²) in [6.45, 7) is 2.12. The van der Waals surface area contributed by atoms with Gasteiger partial charge in [0.05, 0.1) is 0 Å². The number of carboxylic acid groups (broad SMARTS) is 1. The van der Waals surface area contributed by atoms with E-state index in [0.717, 1.165) is 36.1 Å². The lowest BCUT2D eigenvalue weighted by molar-refractivity contribution is -0.137. The van der Waals surface area contributed by atoms with Gasteiger partial charge in [0.15, 0.2) is 5.11 Å². The summed E-state index contributed by atoms with van der Waals surface area (Å²) in [4.78, 5) is 10.6. The average Bonchev–Trinajstić information content (AvgIpc) is 3.31. The number of carbonyl (C=O) groups is 1. The Kier molecular flexibility index (Phi) is 7.81. The van der Waals surface area contributed by atoms with Crippen molar-refractivity contribution in [1.29, 1.82) is 0 Å². The number of hydrazone groups is 1. The molecule has 156 valence electrons. The molecule has 2 fully saturated rings. The van der Waals surface area contributed by atoms with Crippen LogP contribution in [-0.2, 0) is 4.79 Å². The molecule has 4 atom stereocenters. The first-order valence-electron chi connectivity index (χ1n) is 10.6. The molecule has 0 amide bonds. The Labute approximate surface area is 178 Å². The molecule has 0 aliphatic heterocycles. The minimum atomic E-state index is -0.717. The Morgan fingerprint density at radius 1 is 1.24 bits per heavy atom. The number of aliphatic carboxylic acids is 1. The van der Waals surface area contributed by atoms with E-state index in [4.69, 9.17) is 17.3 Å². The molecule has 29 heavy (non-hydrogen) atoms. The maximum atomic E-state index is 10.6. The van der Waals surface area contributed by atoms with Gasteiger partial charge in [0.2, 0.25) is 0 Å². The molecule has 1 aromatic rings. The maximum Gasteiger partial charge on any atom is 0.303 e. The highest BCUT2D eigenvalue weighted by atomic mass is 32.1. The Morgan fingerprint density at radius 2 is 2.00 bits per heavy atom. The third-order valence-electron chi connectivity index (χ3n) is 6.27. The largest absolute Gasteiger partial charge is 0.481 e. The topological polar surface area (TPSA) is 73.7 Å². The van der Waals surface area contributed by atoms with Crippen LogP contribution in [0.3, 0.4) is 0 Å². The van der Waals surface area contributed by atoms with Crippen molar-refractivity contribution in [1.82, 2.24) is 5.43 Å². The summed E-state index contributed by atoms with van der Waals surface area (Å²) < 4.78 is 0. The monoisotopic (exact) mass is 413 g/mol. The van der Waals surface area contributed by atoms with Gasteiger partial charge >= 0.3 is 5.97 Å². The van der Waals surface area contributed by atoms with Crippen LogP contribution in [0.4, 0.5) is 5.69 Å². The van der Waals surface area contributed by atoms with Gasteiger partial charge in [-0.1, -0.05) is 30.4 Å². The summed E-state index contributed by atoms with van der Waals surface area (Å²) in [6, 6.07) is 9.85. The predicted octanol–water partition coefficient (Wildman–Crippen LogP) is 5.21. The fourth-order valence-corrected chi connectivity index (χ4v) is 5.20. The summed E-state index contributed by atoms with van der Waals surface area (Å²) >= 11 is 5.37. The number of benzene rings is 1. The molecule has 0 saturated heterocycles. The van der Waals surface area contributed by atoms with Crippen LogP contribution in [-0.4, -0.2) is 21.9 Å². The van der Waals surface area contributed by atoms with Crippen molar-refractivity contribution in [2.24, 2.45) is 28.8 Å². The van der Waals surface area contributed by atoms with Gasteiger partial charge in [0, 0.05) is 23.7 Å². The number of allylic oxidation sites excluding steroid dienone is 2. The third-order valence-corrected chi connectivity index (χ3v) is 6.47. The minimum Gasteiger partial charge on any atom is -0.481 e. The highest BCUT2D eigenvalue weighted by molar-refractivity contribution is 7.80. The molecule has 0 radical (unpaired) electrons. The van der Waals surface area contributed by atoms with Crippen molar-refractivity contribution in [2.75, 3.05) is 5.32 Å². The lowest BCUT2D eigenvalue weighted by Crippen LogP contribution is -2.31. The summed E-state index contributed by atoms with van der Waals surface area (Å²) in [6.07, 6.45) is 11.2. The summed E-state index contributed by atoms with van der Waals surface area (Å²) in [5, 5.41) is 17.0. The number of nitrogens with one attached hydrogen (secondary N) is 2. The predicted molar refractivity (Wildman–Crippen MR) is 122 cm³/mol. The molecule has 0 heterocycles. The Balaban J connectivity index is 1.52. The zero-order valence-corrected chi connectivity index (χ0v) is 17.8. The van der Waals surface area contributed by atoms with E-state index >= 15 is 0 Å². The molecular weight excluding hydrogens is 382 g/mol. The lowest BCUT2D eigenvalue weighted by atomic mass is 9.75. The molecule has 2 bridgehead atoms. The van der Waals surface area contributed by atoms with Gasteiger partial charge < -0.3 is 10.4 Å². The van der Waals surface area contributed by atoms with E-state index in [9.17, 15) is 4.79 Å². The molecular formula is C23H31N3O2S. The van der Waals surface area contributed by atoms with Gasteiger partial charge in [0.25, 0.3) is 0 Å². The summed E-state index contributed by atoms with van der Waals surface area (Å²) in [7, 11) is 0. The number of hydrogen-bond acceptors (Lipinski definition) is 3. The van der Waals surface area contributed by atoms with E-state index in [-0.39, 0.29) is 6.42 Å². The van der Waals surface area contributed by atoms with E-state index in [1.54, 1.807) is 0 Å². The SMILES string of the molecule is C/C(=N\NC(=S)Nc1ccccc1)[C@H]1C2CCC(C2)[C@@H]1C/C=C\CCCC(=O)O. The zero-order valence-electron chi connectivity index (χ0n) is 17.0. The van der Waals surface area contributed by atoms with Gasteiger partial charge in [-0.2, -0.15) is 5.10 Å². The van der Waals surface area contributed by atoms with Gasteiger partial charge in [-0.25, -0.2) is 0 Å². The van der Waals surface area contributed by atoms with Gasteiger partial charge in [-0.15, -0.1) is 0 Å². The van der Waals surface area contributed by atoms with Crippen molar-refractivity contribution < 1.29 is 9.90 Å². The van der Waals surface area contributed by atoms with E-state index in [0.29, 0.717) is 23.4 Å². The van der Waals surface area contributed by atoms with Crippen LogP contribution in [0.25, 0.3) is 0 Å². The smallest absolute Gasteiger partial charge is 0.303 e. The summed E-state index contributed by atoms with van der Waals surface area (Å²) in [5.74, 6) is 1.93. The third kappa shape index (κ3) is 6.13. The second-order valence-electron chi connectivity index (χ2n) is 8.20. The van der Waals surface area contributed by atoms with Crippen molar-refractivity contribution in [2.45, 2.75) is 51.9 Å². The van der Waals surface area contributed by atoms with Crippen LogP contribution >= 0.6 is 12.2 Å². The number of unbranched alkanes of at least 4 members (excludes halogenated alkanes) is 1. The molecule has 6 heteroatoms. The van der Waals surface area contributed by atoms with E-state index in [2.05, 4.69) is 34.9 Å². The molecule has 0 spiro atoms. The molecule has 0 aromatic heterocycles. The first-order valence-corrected chi connectivity index (χ1v) is 11.0. The van der Waals surface area contributed by atoms with Crippen molar-refractivity contribution in [3.8, 4) is 0 Å². The van der Waals surface area contributed by atoms with E-state index in [1.807, 2.05) is 30.3 Å². The van der Waals surface area contributed by atoms with Gasteiger partial charge in [0.1, 0.15) is 0 Å². The minimum absolute atomic E-state index is 0.245. The number of nitrogens with zero attached hydrogens (tertiary/aromatic N) is 1. The van der Waals surface area contributed by atoms with E-state index < -0.39 is 5.97 Å². The number of anilines is 1. The molecule has 2 unspecified atom stereocenters. The van der Waals surface area contributed by atoms with Crippen molar-refractivity contribution in [3.63, 3.8) is 0 Å². The molecule has 5 nitrogen and oxygen atoms in total. The molecule has 2 aliphatic rings. The Morgan fingerprint density at radius 3 is 2.76 bits per heavy atom.